The fraction of sp³-hybridized carbons (Fsp3) is 0.0714. The first kappa shape index (κ1) is 11.4. The molecule has 0 unspecified atom stereocenters. The number of para-hydroxylation sites is 1. The van der Waals surface area contributed by atoms with Crippen molar-refractivity contribution >= 4 is 22.5 Å². The average Bonchev–Trinajstić information content (AvgIpc) is 2.93. The predicted molar refractivity (Wildman–Crippen MR) is 73.0 cm³/mol. The molecule has 0 aliphatic carbocycles. The Labute approximate surface area is 109 Å². The number of nitrogens with one attached hydrogen (secondary N) is 2. The van der Waals surface area contributed by atoms with Gasteiger partial charge in [-0.2, -0.15) is 5.10 Å². The van der Waals surface area contributed by atoms with E-state index in [0.29, 0.717) is 11.4 Å². The van der Waals surface area contributed by atoms with Crippen molar-refractivity contribution in [3.63, 3.8) is 0 Å². The molecule has 2 aromatic heterocycles. The molecule has 2 N–H and O–H groups in total. The van der Waals surface area contributed by atoms with Gasteiger partial charge in [0, 0.05) is 17.3 Å². The molecule has 1 aromatic carbocycles. The summed E-state index contributed by atoms with van der Waals surface area (Å²) in [6, 6.07) is 11.3. The van der Waals surface area contributed by atoms with Gasteiger partial charge in [-0.25, -0.2) is 0 Å². The molecule has 0 radical (unpaired) electrons. The van der Waals surface area contributed by atoms with Crippen LogP contribution in [0.4, 0.5) is 5.69 Å². The second kappa shape index (κ2) is 4.53. The van der Waals surface area contributed by atoms with Crippen molar-refractivity contribution in [3.8, 4) is 0 Å². The van der Waals surface area contributed by atoms with Gasteiger partial charge in [-0.3, -0.25) is 14.9 Å². The third-order valence-electron chi connectivity index (χ3n) is 2.85. The lowest BCUT2D eigenvalue weighted by atomic mass is 10.1. The van der Waals surface area contributed by atoms with Crippen LogP contribution in [0.5, 0.6) is 0 Å². The maximum atomic E-state index is 12.0. The van der Waals surface area contributed by atoms with Crippen LogP contribution in [-0.2, 0) is 0 Å². The Morgan fingerprint density at radius 1 is 1.21 bits per heavy atom. The van der Waals surface area contributed by atoms with Crippen molar-refractivity contribution in [2.24, 2.45) is 0 Å². The Morgan fingerprint density at radius 2 is 2.11 bits per heavy atom. The van der Waals surface area contributed by atoms with Crippen molar-refractivity contribution in [1.29, 1.82) is 0 Å². The maximum absolute atomic E-state index is 12.0. The number of nitrogens with zero attached hydrogens (tertiary/aromatic N) is 2. The molecular weight excluding hydrogens is 240 g/mol. The van der Waals surface area contributed by atoms with Gasteiger partial charge in [0.25, 0.3) is 5.91 Å². The number of carbonyl (C=O) groups excluding carboxylic acids is 1. The predicted octanol–water partition coefficient (Wildman–Crippen LogP) is 2.52. The van der Waals surface area contributed by atoms with Crippen molar-refractivity contribution < 1.29 is 4.79 Å². The molecule has 3 rings (SSSR count). The Hall–Kier alpha value is -2.69. The van der Waals surface area contributed by atoms with Gasteiger partial charge in [-0.15, -0.1) is 0 Å². The van der Waals surface area contributed by atoms with Gasteiger partial charge >= 0.3 is 0 Å². The van der Waals surface area contributed by atoms with Crippen molar-refractivity contribution in [1.82, 2.24) is 15.2 Å². The van der Waals surface area contributed by atoms with Gasteiger partial charge in [0.05, 0.1) is 11.2 Å². The second-order valence-corrected chi connectivity index (χ2v) is 4.25. The summed E-state index contributed by atoms with van der Waals surface area (Å²) in [6.07, 6.45) is 1.54. The minimum Gasteiger partial charge on any atom is -0.319 e. The molecule has 5 nitrogen and oxygen atoms in total. The fourth-order valence-corrected chi connectivity index (χ4v) is 1.92. The highest BCUT2D eigenvalue weighted by Gasteiger charge is 2.09. The highest BCUT2D eigenvalue weighted by Crippen LogP contribution is 2.22. The van der Waals surface area contributed by atoms with Crippen LogP contribution >= 0.6 is 0 Å². The first-order valence-corrected chi connectivity index (χ1v) is 5.91. The van der Waals surface area contributed by atoms with Crippen LogP contribution in [0.2, 0.25) is 0 Å². The minimum absolute atomic E-state index is 0.228. The lowest BCUT2D eigenvalue weighted by molar-refractivity contribution is 0.102. The molecule has 0 aliphatic heterocycles. The Balaban J connectivity index is 2.01. The van der Waals surface area contributed by atoms with Crippen LogP contribution in [0.15, 0.2) is 42.6 Å². The summed E-state index contributed by atoms with van der Waals surface area (Å²) in [5.41, 5.74) is 2.82. The number of H-pyrrole nitrogens is 1. The molecular formula is C14H12N4O. The first-order chi connectivity index (χ1) is 9.24. The monoisotopic (exact) mass is 252 g/mol. The molecule has 0 spiro atoms. The van der Waals surface area contributed by atoms with E-state index in [1.54, 1.807) is 12.3 Å². The van der Waals surface area contributed by atoms with E-state index >= 15 is 0 Å². The Kier molecular flexibility index (Phi) is 2.72. The largest absolute Gasteiger partial charge is 0.319 e. The van der Waals surface area contributed by atoms with Gasteiger partial charge in [-0.1, -0.05) is 18.2 Å². The molecule has 94 valence electrons. The number of aromatic amines is 1. The molecule has 0 atom stereocenters. The van der Waals surface area contributed by atoms with Crippen LogP contribution in [0, 0.1) is 6.92 Å². The number of hydrogen-bond donors (Lipinski definition) is 2. The van der Waals surface area contributed by atoms with Crippen molar-refractivity contribution in [2.45, 2.75) is 6.92 Å². The molecule has 0 bridgehead atoms. The number of hydrogen-bond acceptors (Lipinski definition) is 3. The van der Waals surface area contributed by atoms with Crippen LogP contribution in [0.1, 0.15) is 16.2 Å². The lowest BCUT2D eigenvalue weighted by Crippen LogP contribution is -2.13. The normalized spacial score (nSPS) is 10.6. The molecule has 2 heterocycles. The summed E-state index contributed by atoms with van der Waals surface area (Å²) in [6.45, 7) is 1.92. The molecule has 0 saturated carbocycles. The minimum atomic E-state index is -0.228. The smallest absolute Gasteiger partial charge is 0.273 e. The lowest BCUT2D eigenvalue weighted by Gasteiger charge is -2.07. The summed E-state index contributed by atoms with van der Waals surface area (Å²) in [4.78, 5) is 16.5. The molecule has 5 heteroatoms. The van der Waals surface area contributed by atoms with Crippen molar-refractivity contribution in [2.75, 3.05) is 5.32 Å². The standard InChI is InChI=1S/C14H12N4O/c1-9-5-6-10-3-2-4-11(13(10)16-9)17-14(19)12-7-8-15-18-12/h2-8H,1H3,(H,15,18)(H,17,19). The van der Waals surface area contributed by atoms with Crippen LogP contribution < -0.4 is 5.32 Å². The molecule has 0 fully saturated rings. The van der Waals surface area contributed by atoms with Crippen LogP contribution in [-0.4, -0.2) is 21.1 Å². The quantitative estimate of drug-likeness (QED) is 0.736. The average molecular weight is 252 g/mol. The number of anilines is 1. The van der Waals surface area contributed by atoms with E-state index in [1.807, 2.05) is 37.3 Å². The number of benzene rings is 1. The van der Waals surface area contributed by atoms with E-state index in [9.17, 15) is 4.79 Å². The third kappa shape index (κ3) is 2.18. The molecule has 3 aromatic rings. The van der Waals surface area contributed by atoms with Gasteiger partial charge in [-0.05, 0) is 25.1 Å². The zero-order valence-electron chi connectivity index (χ0n) is 10.3. The summed E-state index contributed by atoms with van der Waals surface area (Å²) in [5, 5.41) is 10.2. The first-order valence-electron chi connectivity index (χ1n) is 5.91. The Bertz CT molecular complexity index is 734. The zero-order valence-corrected chi connectivity index (χ0v) is 10.3. The van der Waals surface area contributed by atoms with E-state index in [2.05, 4.69) is 20.5 Å². The topological polar surface area (TPSA) is 70.7 Å². The Morgan fingerprint density at radius 3 is 2.89 bits per heavy atom. The van der Waals surface area contributed by atoms with Gasteiger partial charge < -0.3 is 5.32 Å². The molecule has 19 heavy (non-hydrogen) atoms. The fourth-order valence-electron chi connectivity index (χ4n) is 1.92. The van der Waals surface area contributed by atoms with Crippen molar-refractivity contribution in [3.05, 3.63) is 54.0 Å². The number of fused-ring (bicyclic) bond motifs is 1. The highest BCUT2D eigenvalue weighted by molar-refractivity contribution is 6.07. The summed E-state index contributed by atoms with van der Waals surface area (Å²) < 4.78 is 0. The summed E-state index contributed by atoms with van der Waals surface area (Å²) in [7, 11) is 0. The van der Waals surface area contributed by atoms with Gasteiger partial charge in [0.1, 0.15) is 5.69 Å². The third-order valence-corrected chi connectivity index (χ3v) is 2.85. The number of amides is 1. The van der Waals surface area contributed by atoms with Gasteiger partial charge in [0.2, 0.25) is 0 Å². The number of aromatic nitrogens is 3. The number of pyridine rings is 1. The van der Waals surface area contributed by atoms with E-state index in [4.69, 9.17) is 0 Å². The maximum Gasteiger partial charge on any atom is 0.273 e. The number of carbonyl (C=O) groups is 1. The highest BCUT2D eigenvalue weighted by atomic mass is 16.1. The van der Waals surface area contributed by atoms with Crippen LogP contribution in [0.3, 0.4) is 0 Å². The van der Waals surface area contributed by atoms with Crippen LogP contribution in [0.25, 0.3) is 10.9 Å². The van der Waals surface area contributed by atoms with E-state index < -0.39 is 0 Å². The number of aryl methyl sites for hydroxylation is 1. The summed E-state index contributed by atoms with van der Waals surface area (Å²) >= 11 is 0. The van der Waals surface area contributed by atoms with E-state index in [0.717, 1.165) is 16.6 Å². The molecule has 0 saturated heterocycles. The summed E-state index contributed by atoms with van der Waals surface area (Å²) in [5.74, 6) is -0.228. The number of rotatable bonds is 2. The SMILES string of the molecule is Cc1ccc2cccc(NC(=O)c3ccn[nH]3)c2n1. The molecule has 0 aliphatic rings. The zero-order chi connectivity index (χ0) is 13.2. The second-order valence-electron chi connectivity index (χ2n) is 4.25. The van der Waals surface area contributed by atoms with E-state index in [1.165, 1.54) is 0 Å². The molecule has 1 amide bonds. The van der Waals surface area contributed by atoms with Gasteiger partial charge in [0.15, 0.2) is 0 Å². The van der Waals surface area contributed by atoms with E-state index in [-0.39, 0.29) is 5.91 Å².